The Balaban J connectivity index is 1.27. The van der Waals surface area contributed by atoms with E-state index in [1.165, 1.54) is 0 Å². The fourth-order valence-electron chi connectivity index (χ4n) is 9.96. The van der Waals surface area contributed by atoms with Gasteiger partial charge < -0.3 is 4.57 Å². The summed E-state index contributed by atoms with van der Waals surface area (Å²) in [5.41, 5.74) is 13.4. The topological polar surface area (TPSA) is 175 Å². The second kappa shape index (κ2) is 19.8. The number of fused-ring (bicyclic) bond motifs is 3. The van der Waals surface area contributed by atoms with Crippen LogP contribution in [0.15, 0.2) is 218 Å². The predicted octanol–water partition coefficient (Wildman–Crippen LogP) is 15.1. The fraction of sp³-hybridized carbons (Fsp3) is 0. The monoisotopic (exact) mass is 980 g/mol. The lowest BCUT2D eigenvalue weighted by molar-refractivity contribution is 1.14. The molecule has 77 heavy (non-hydrogen) atoms. The van der Waals surface area contributed by atoms with Crippen LogP contribution in [0.4, 0.5) is 0 Å². The van der Waals surface area contributed by atoms with Crippen molar-refractivity contribution in [2.24, 2.45) is 0 Å². The van der Waals surface area contributed by atoms with Gasteiger partial charge in [0.15, 0.2) is 11.6 Å². The molecule has 354 valence electrons. The Morgan fingerprint density at radius 3 is 1.04 bits per heavy atom. The standard InChI is InChI=1S/C67H36N10/c68-37-42-21-25-53(51(29-42)40-71)49-23-27-55-56-28-24-50(54-26-22-43(38-69)30-52(54)41-72)34-64(56)77(63(55)33-49)65-57(61-35-59(45-13-5-1-6-14-45)73-66(75-61)47-17-9-3-10-18-47)31-44(39-70)32-58(65)62-36-60(46-15-7-2-8-16-46)74-67(76-62)48-19-11-4-12-20-48/h1-36H. The molecule has 0 aliphatic carbocycles. The summed E-state index contributed by atoms with van der Waals surface area (Å²) in [7, 11) is 0. The van der Waals surface area contributed by atoms with Gasteiger partial charge in [0.1, 0.15) is 0 Å². The Morgan fingerprint density at radius 2 is 0.662 bits per heavy atom. The summed E-state index contributed by atoms with van der Waals surface area (Å²) in [5, 5.41) is 53.6. The van der Waals surface area contributed by atoms with Crippen molar-refractivity contribution in [1.82, 2.24) is 24.5 Å². The summed E-state index contributed by atoms with van der Waals surface area (Å²) in [6, 6.07) is 80.7. The number of hydrogen-bond donors (Lipinski definition) is 0. The summed E-state index contributed by atoms with van der Waals surface area (Å²) >= 11 is 0. The molecule has 0 atom stereocenters. The van der Waals surface area contributed by atoms with Crippen molar-refractivity contribution in [3.05, 3.63) is 246 Å². The molecule has 0 radical (unpaired) electrons. The zero-order valence-electron chi connectivity index (χ0n) is 40.8. The van der Waals surface area contributed by atoms with Gasteiger partial charge in [-0.3, -0.25) is 0 Å². The van der Waals surface area contributed by atoms with Gasteiger partial charge in [0.25, 0.3) is 0 Å². The summed E-state index contributed by atoms with van der Waals surface area (Å²) in [4.78, 5) is 21.1. The minimum atomic E-state index is 0.337. The van der Waals surface area contributed by atoms with E-state index in [-0.39, 0.29) is 0 Å². The molecule has 10 nitrogen and oxygen atoms in total. The highest BCUT2D eigenvalue weighted by Crippen LogP contribution is 2.45. The highest BCUT2D eigenvalue weighted by molar-refractivity contribution is 6.12. The van der Waals surface area contributed by atoms with Gasteiger partial charge in [-0.15, -0.1) is 0 Å². The number of aromatic nitrogens is 5. The number of rotatable bonds is 9. The summed E-state index contributed by atoms with van der Waals surface area (Å²) in [6.45, 7) is 0. The van der Waals surface area contributed by atoms with Crippen molar-refractivity contribution in [2.45, 2.75) is 0 Å². The van der Waals surface area contributed by atoms with E-state index in [4.69, 9.17) is 19.9 Å². The predicted molar refractivity (Wildman–Crippen MR) is 299 cm³/mol. The molecule has 3 heterocycles. The van der Waals surface area contributed by atoms with Gasteiger partial charge in [-0.1, -0.05) is 158 Å². The largest absolute Gasteiger partial charge is 0.308 e. The van der Waals surface area contributed by atoms with Crippen LogP contribution in [0.3, 0.4) is 0 Å². The van der Waals surface area contributed by atoms with Crippen LogP contribution in [0.25, 0.3) is 118 Å². The van der Waals surface area contributed by atoms with Crippen LogP contribution in [-0.4, -0.2) is 24.5 Å². The summed E-state index contributed by atoms with van der Waals surface area (Å²) in [6.07, 6.45) is 0. The Hall–Kier alpha value is -11.6. The van der Waals surface area contributed by atoms with Gasteiger partial charge in [-0.25, -0.2) is 19.9 Å². The van der Waals surface area contributed by atoms with E-state index in [1.807, 2.05) is 182 Å². The van der Waals surface area contributed by atoms with E-state index in [2.05, 4.69) is 34.9 Å². The van der Waals surface area contributed by atoms with Crippen molar-refractivity contribution in [2.75, 3.05) is 0 Å². The van der Waals surface area contributed by atoms with E-state index < -0.39 is 0 Å². The molecule has 12 aromatic rings. The van der Waals surface area contributed by atoms with Crippen LogP contribution < -0.4 is 0 Å². The lowest BCUT2D eigenvalue weighted by atomic mass is 9.95. The molecular formula is C67H36N10. The molecule has 0 unspecified atom stereocenters. The van der Waals surface area contributed by atoms with Gasteiger partial charge >= 0.3 is 0 Å². The first-order valence-electron chi connectivity index (χ1n) is 24.5. The van der Waals surface area contributed by atoms with Crippen LogP contribution in [-0.2, 0) is 0 Å². The third-order valence-electron chi connectivity index (χ3n) is 13.6. The average Bonchev–Trinajstić information content (AvgIpc) is 3.92. The molecular weight excluding hydrogens is 945 g/mol. The fourth-order valence-corrected chi connectivity index (χ4v) is 9.96. The molecule has 0 N–H and O–H groups in total. The highest BCUT2D eigenvalue weighted by Gasteiger charge is 2.26. The molecule has 0 bridgehead atoms. The maximum absolute atomic E-state index is 11.2. The second-order valence-electron chi connectivity index (χ2n) is 18.2. The lowest BCUT2D eigenvalue weighted by Crippen LogP contribution is -2.06. The van der Waals surface area contributed by atoms with E-state index in [9.17, 15) is 26.3 Å². The van der Waals surface area contributed by atoms with Crippen molar-refractivity contribution in [3.63, 3.8) is 0 Å². The Labute approximate surface area is 442 Å². The van der Waals surface area contributed by atoms with Crippen molar-refractivity contribution >= 4 is 21.8 Å². The van der Waals surface area contributed by atoms with Gasteiger partial charge in [0.2, 0.25) is 0 Å². The Bertz CT molecular complexity index is 4160. The Morgan fingerprint density at radius 1 is 0.286 bits per heavy atom. The van der Waals surface area contributed by atoms with Crippen LogP contribution >= 0.6 is 0 Å². The molecule has 0 saturated heterocycles. The molecule has 0 spiro atoms. The van der Waals surface area contributed by atoms with Crippen LogP contribution in [0.1, 0.15) is 27.8 Å². The van der Waals surface area contributed by atoms with E-state index >= 15 is 0 Å². The third kappa shape index (κ3) is 8.63. The minimum Gasteiger partial charge on any atom is -0.308 e. The minimum absolute atomic E-state index is 0.337. The first kappa shape index (κ1) is 46.5. The molecule has 10 heteroatoms. The first-order valence-corrected chi connectivity index (χ1v) is 24.5. The van der Waals surface area contributed by atoms with Crippen molar-refractivity contribution in [3.8, 4) is 126 Å². The van der Waals surface area contributed by atoms with Gasteiger partial charge in [-0.05, 0) is 82.9 Å². The second-order valence-corrected chi connectivity index (χ2v) is 18.2. The third-order valence-corrected chi connectivity index (χ3v) is 13.6. The van der Waals surface area contributed by atoms with Gasteiger partial charge in [0.05, 0.1) is 97.7 Å². The first-order chi connectivity index (χ1) is 37.9. The molecule has 3 aromatic heterocycles. The molecule has 9 aromatic carbocycles. The molecule has 0 saturated carbocycles. The van der Waals surface area contributed by atoms with Gasteiger partial charge in [0, 0.05) is 44.2 Å². The molecule has 0 amide bonds. The maximum Gasteiger partial charge on any atom is 0.160 e. The average molecular weight is 981 g/mol. The van der Waals surface area contributed by atoms with Crippen LogP contribution in [0.5, 0.6) is 0 Å². The highest BCUT2D eigenvalue weighted by atomic mass is 15.0. The van der Waals surface area contributed by atoms with E-state index in [1.54, 1.807) is 36.4 Å². The molecule has 12 rings (SSSR count). The normalized spacial score (nSPS) is 10.8. The smallest absolute Gasteiger partial charge is 0.160 e. The number of nitrogens with zero attached hydrogens (tertiary/aromatic N) is 10. The lowest BCUT2D eigenvalue weighted by Gasteiger charge is -2.21. The SMILES string of the molecule is N#Cc1ccc(-c2ccc3c4ccc(-c5ccc(C#N)cc5C#N)cc4n(-c4c(-c5cc(-c6ccccc6)nc(-c6ccccc6)n5)cc(C#N)cc4-c4cc(-c5ccccc5)nc(-c5ccccc5)n4)c3c2)c(C#N)c1. The van der Waals surface area contributed by atoms with E-state index in [0.717, 1.165) is 55.2 Å². The number of benzene rings is 9. The summed E-state index contributed by atoms with van der Waals surface area (Å²) < 4.78 is 2.16. The van der Waals surface area contributed by atoms with Gasteiger partial charge in [-0.2, -0.15) is 26.3 Å². The van der Waals surface area contributed by atoms with Crippen molar-refractivity contribution < 1.29 is 0 Å². The quantitative estimate of drug-likeness (QED) is 0.136. The van der Waals surface area contributed by atoms with Crippen molar-refractivity contribution in [1.29, 1.82) is 26.3 Å². The zero-order valence-corrected chi connectivity index (χ0v) is 40.8. The summed E-state index contributed by atoms with van der Waals surface area (Å²) in [5.74, 6) is 0.941. The number of nitriles is 5. The van der Waals surface area contributed by atoms with E-state index in [0.29, 0.717) is 90.2 Å². The zero-order chi connectivity index (χ0) is 52.4. The Kier molecular flexibility index (Phi) is 11.9. The molecule has 0 aliphatic heterocycles. The molecule has 0 aliphatic rings. The van der Waals surface area contributed by atoms with Crippen LogP contribution in [0.2, 0.25) is 0 Å². The maximum atomic E-state index is 11.2. The molecule has 0 fully saturated rings. The van der Waals surface area contributed by atoms with Crippen LogP contribution in [0, 0.1) is 56.7 Å². The number of hydrogen-bond acceptors (Lipinski definition) is 9.